The SMILES string of the molecule is CCO[C@@H]1C[C@H]2C[C@H]1CN2C(=O)c1cnoc1C. The number of hydrogen-bond acceptors (Lipinski definition) is 4. The minimum Gasteiger partial charge on any atom is -0.378 e. The summed E-state index contributed by atoms with van der Waals surface area (Å²) in [4.78, 5) is 14.3. The Labute approximate surface area is 106 Å². The number of ether oxygens (including phenoxy) is 1. The van der Waals surface area contributed by atoms with Crippen molar-refractivity contribution in [3.8, 4) is 0 Å². The van der Waals surface area contributed by atoms with E-state index in [1.807, 2.05) is 11.8 Å². The molecule has 2 heterocycles. The molecule has 5 nitrogen and oxygen atoms in total. The summed E-state index contributed by atoms with van der Waals surface area (Å²) >= 11 is 0. The summed E-state index contributed by atoms with van der Waals surface area (Å²) in [7, 11) is 0. The number of fused-ring (bicyclic) bond motifs is 2. The topological polar surface area (TPSA) is 55.6 Å². The maximum absolute atomic E-state index is 12.4. The lowest BCUT2D eigenvalue weighted by Crippen LogP contribution is -2.42. The Morgan fingerprint density at radius 1 is 1.61 bits per heavy atom. The molecule has 1 aliphatic heterocycles. The molecule has 5 heteroatoms. The van der Waals surface area contributed by atoms with Crippen molar-refractivity contribution in [2.24, 2.45) is 5.92 Å². The molecule has 0 spiro atoms. The quantitative estimate of drug-likeness (QED) is 0.818. The van der Waals surface area contributed by atoms with Crippen molar-refractivity contribution in [2.75, 3.05) is 13.2 Å². The van der Waals surface area contributed by atoms with E-state index in [-0.39, 0.29) is 5.91 Å². The van der Waals surface area contributed by atoms with Gasteiger partial charge in [0.15, 0.2) is 0 Å². The highest BCUT2D eigenvalue weighted by molar-refractivity contribution is 5.95. The van der Waals surface area contributed by atoms with Gasteiger partial charge in [0.1, 0.15) is 11.3 Å². The van der Waals surface area contributed by atoms with Crippen LogP contribution in [-0.2, 0) is 4.74 Å². The summed E-state index contributed by atoms with van der Waals surface area (Å²) in [5, 5.41) is 3.67. The van der Waals surface area contributed by atoms with Gasteiger partial charge in [-0.05, 0) is 26.7 Å². The summed E-state index contributed by atoms with van der Waals surface area (Å²) in [5.41, 5.74) is 0.593. The lowest BCUT2D eigenvalue weighted by molar-refractivity contribution is 0.00752. The Balaban J connectivity index is 1.71. The first kappa shape index (κ1) is 11.7. The van der Waals surface area contributed by atoms with E-state index >= 15 is 0 Å². The molecule has 2 bridgehead atoms. The summed E-state index contributed by atoms with van der Waals surface area (Å²) < 4.78 is 10.7. The van der Waals surface area contributed by atoms with E-state index in [4.69, 9.17) is 9.26 Å². The zero-order valence-electron chi connectivity index (χ0n) is 10.8. The van der Waals surface area contributed by atoms with Crippen molar-refractivity contribution < 1.29 is 14.1 Å². The summed E-state index contributed by atoms with van der Waals surface area (Å²) in [6, 6.07) is 0.327. The van der Waals surface area contributed by atoms with E-state index < -0.39 is 0 Å². The van der Waals surface area contributed by atoms with Gasteiger partial charge in [-0.25, -0.2) is 0 Å². The van der Waals surface area contributed by atoms with Gasteiger partial charge in [0.25, 0.3) is 5.91 Å². The van der Waals surface area contributed by atoms with Gasteiger partial charge in [0.2, 0.25) is 0 Å². The molecule has 1 saturated heterocycles. The minimum absolute atomic E-state index is 0.0520. The Bertz CT molecular complexity index is 457. The first-order valence-corrected chi connectivity index (χ1v) is 6.54. The Hall–Kier alpha value is -1.36. The molecule has 2 aliphatic rings. The van der Waals surface area contributed by atoms with E-state index in [2.05, 4.69) is 5.16 Å². The third-order valence-electron chi connectivity index (χ3n) is 4.10. The third kappa shape index (κ3) is 1.73. The van der Waals surface area contributed by atoms with Crippen LogP contribution >= 0.6 is 0 Å². The minimum atomic E-state index is 0.0520. The van der Waals surface area contributed by atoms with Crippen molar-refractivity contribution in [1.29, 1.82) is 0 Å². The molecule has 1 aromatic heterocycles. The number of likely N-dealkylation sites (tertiary alicyclic amines) is 1. The van der Waals surface area contributed by atoms with Crippen LogP contribution in [0.3, 0.4) is 0 Å². The van der Waals surface area contributed by atoms with Gasteiger partial charge in [-0.15, -0.1) is 0 Å². The van der Waals surface area contributed by atoms with Crippen molar-refractivity contribution >= 4 is 5.91 Å². The first-order chi connectivity index (χ1) is 8.70. The monoisotopic (exact) mass is 250 g/mol. The highest BCUT2D eigenvalue weighted by Crippen LogP contribution is 2.40. The zero-order valence-corrected chi connectivity index (χ0v) is 10.8. The second-order valence-electron chi connectivity index (χ2n) is 5.13. The number of aryl methyl sites for hydroxylation is 1. The van der Waals surface area contributed by atoms with Crippen LogP contribution in [0.25, 0.3) is 0 Å². The highest BCUT2D eigenvalue weighted by Gasteiger charge is 2.47. The maximum atomic E-state index is 12.4. The Morgan fingerprint density at radius 2 is 2.44 bits per heavy atom. The molecule has 1 aromatic rings. The van der Waals surface area contributed by atoms with Crippen LogP contribution in [0.2, 0.25) is 0 Å². The molecule has 0 radical (unpaired) electrons. The lowest BCUT2D eigenvalue weighted by atomic mass is 10.1. The van der Waals surface area contributed by atoms with Crippen LogP contribution < -0.4 is 0 Å². The number of carbonyl (C=O) groups is 1. The van der Waals surface area contributed by atoms with E-state index in [0.717, 1.165) is 26.0 Å². The first-order valence-electron chi connectivity index (χ1n) is 6.54. The number of hydrogen-bond donors (Lipinski definition) is 0. The molecular weight excluding hydrogens is 232 g/mol. The molecule has 3 atom stereocenters. The van der Waals surface area contributed by atoms with Crippen LogP contribution in [0.15, 0.2) is 10.7 Å². The number of nitrogens with zero attached hydrogens (tertiary/aromatic N) is 2. The number of carbonyl (C=O) groups excluding carboxylic acids is 1. The predicted octanol–water partition coefficient (Wildman–Crippen LogP) is 1.62. The van der Waals surface area contributed by atoms with Crippen molar-refractivity contribution in [2.45, 2.75) is 38.8 Å². The van der Waals surface area contributed by atoms with Gasteiger partial charge < -0.3 is 14.2 Å². The van der Waals surface area contributed by atoms with E-state index in [0.29, 0.717) is 29.4 Å². The molecule has 0 aromatic carbocycles. The van der Waals surface area contributed by atoms with Gasteiger partial charge in [0, 0.05) is 25.1 Å². The standard InChI is InChI=1S/C13H18N2O3/c1-3-17-12-5-10-4-9(12)7-15(10)13(16)11-6-14-18-8(11)2/h6,9-10,12H,3-5,7H2,1-2H3/t9-,10+,12+/m0/s1. The van der Waals surface area contributed by atoms with Crippen molar-refractivity contribution in [1.82, 2.24) is 10.1 Å². The van der Waals surface area contributed by atoms with Gasteiger partial charge in [0.05, 0.1) is 12.3 Å². The van der Waals surface area contributed by atoms with Crippen LogP contribution in [-0.4, -0.2) is 41.3 Å². The molecule has 1 saturated carbocycles. The Kier molecular flexibility index (Phi) is 2.86. The number of amides is 1. The van der Waals surface area contributed by atoms with Gasteiger partial charge in [-0.1, -0.05) is 5.16 Å². The molecule has 18 heavy (non-hydrogen) atoms. The molecule has 0 unspecified atom stereocenters. The van der Waals surface area contributed by atoms with Crippen LogP contribution in [0, 0.1) is 12.8 Å². The molecule has 1 aliphatic carbocycles. The smallest absolute Gasteiger partial charge is 0.259 e. The largest absolute Gasteiger partial charge is 0.378 e. The fourth-order valence-corrected chi connectivity index (χ4v) is 3.23. The number of aromatic nitrogens is 1. The lowest BCUT2D eigenvalue weighted by Gasteiger charge is -2.31. The molecule has 1 amide bonds. The average molecular weight is 250 g/mol. The van der Waals surface area contributed by atoms with Crippen LogP contribution in [0.5, 0.6) is 0 Å². The summed E-state index contributed by atoms with van der Waals surface area (Å²) in [6.45, 7) is 5.36. The summed E-state index contributed by atoms with van der Waals surface area (Å²) in [5.74, 6) is 1.15. The second kappa shape index (κ2) is 4.39. The zero-order chi connectivity index (χ0) is 12.7. The predicted molar refractivity (Wildman–Crippen MR) is 64.2 cm³/mol. The van der Waals surface area contributed by atoms with Crippen molar-refractivity contribution in [3.63, 3.8) is 0 Å². The molecule has 2 fully saturated rings. The maximum Gasteiger partial charge on any atom is 0.259 e. The van der Waals surface area contributed by atoms with E-state index in [1.54, 1.807) is 6.92 Å². The highest BCUT2D eigenvalue weighted by atomic mass is 16.5. The van der Waals surface area contributed by atoms with Gasteiger partial charge in [-0.2, -0.15) is 0 Å². The van der Waals surface area contributed by atoms with Gasteiger partial charge >= 0.3 is 0 Å². The van der Waals surface area contributed by atoms with Crippen LogP contribution in [0.4, 0.5) is 0 Å². The molecular formula is C13H18N2O3. The van der Waals surface area contributed by atoms with Gasteiger partial charge in [-0.3, -0.25) is 4.79 Å². The van der Waals surface area contributed by atoms with Crippen molar-refractivity contribution in [3.05, 3.63) is 17.5 Å². The average Bonchev–Trinajstić information content (AvgIpc) is 3.03. The fraction of sp³-hybridized carbons (Fsp3) is 0.692. The third-order valence-corrected chi connectivity index (χ3v) is 4.10. The van der Waals surface area contributed by atoms with Crippen LogP contribution in [0.1, 0.15) is 35.9 Å². The van der Waals surface area contributed by atoms with E-state index in [9.17, 15) is 4.79 Å². The second-order valence-corrected chi connectivity index (χ2v) is 5.13. The number of piperidine rings is 1. The molecule has 0 N–H and O–H groups in total. The normalized spacial score (nSPS) is 30.1. The summed E-state index contributed by atoms with van der Waals surface area (Å²) in [6.07, 6.45) is 3.89. The molecule has 3 rings (SSSR count). The van der Waals surface area contributed by atoms with E-state index in [1.165, 1.54) is 6.20 Å². The Morgan fingerprint density at radius 3 is 3.00 bits per heavy atom. The number of rotatable bonds is 3. The fourth-order valence-electron chi connectivity index (χ4n) is 3.23. The molecule has 98 valence electrons.